The summed E-state index contributed by atoms with van der Waals surface area (Å²) in [5, 5.41) is 2.97. The summed E-state index contributed by atoms with van der Waals surface area (Å²) >= 11 is 0. The lowest BCUT2D eigenvalue weighted by atomic mass is 10.1. The maximum atomic E-state index is 11.8. The molecule has 1 N–H and O–H groups in total. The Bertz CT molecular complexity index is 453. The predicted molar refractivity (Wildman–Crippen MR) is 69.2 cm³/mol. The van der Waals surface area contributed by atoms with Gasteiger partial charge in [-0.1, -0.05) is 0 Å². The van der Waals surface area contributed by atoms with Crippen molar-refractivity contribution in [2.75, 3.05) is 14.2 Å². The summed E-state index contributed by atoms with van der Waals surface area (Å²) in [5.41, 5.74) is 1.86. The van der Waals surface area contributed by atoms with Crippen LogP contribution in [0, 0.1) is 6.92 Å². The van der Waals surface area contributed by atoms with Crippen molar-refractivity contribution in [1.82, 2.24) is 5.32 Å². The number of amides is 1. The van der Waals surface area contributed by atoms with Gasteiger partial charge < -0.3 is 14.8 Å². The second-order valence-corrected chi connectivity index (χ2v) is 4.65. The van der Waals surface area contributed by atoms with Crippen LogP contribution in [0.3, 0.4) is 0 Å². The van der Waals surface area contributed by atoms with Crippen LogP contribution in [0.4, 0.5) is 0 Å². The lowest BCUT2D eigenvalue weighted by molar-refractivity contribution is -0.120. The Balaban J connectivity index is 2.15. The minimum atomic E-state index is 0.0432. The fourth-order valence-electron chi connectivity index (χ4n) is 1.93. The molecule has 4 nitrogen and oxygen atoms in total. The number of carbonyl (C=O) groups excluding carboxylic acids is 1. The fraction of sp³-hybridized carbons (Fsp3) is 0.500. The number of aryl methyl sites for hydroxylation is 1. The van der Waals surface area contributed by atoms with E-state index < -0.39 is 0 Å². The van der Waals surface area contributed by atoms with Crippen LogP contribution in [0.1, 0.15) is 24.0 Å². The van der Waals surface area contributed by atoms with Gasteiger partial charge in [0.05, 0.1) is 20.6 Å². The van der Waals surface area contributed by atoms with E-state index in [2.05, 4.69) is 5.32 Å². The second-order valence-electron chi connectivity index (χ2n) is 4.65. The number of hydrogen-bond acceptors (Lipinski definition) is 3. The molecule has 0 atom stereocenters. The first-order valence-electron chi connectivity index (χ1n) is 6.15. The third-order valence-electron chi connectivity index (χ3n) is 3.09. The van der Waals surface area contributed by atoms with Gasteiger partial charge in [-0.05, 0) is 37.5 Å². The molecule has 1 aromatic carbocycles. The van der Waals surface area contributed by atoms with Crippen molar-refractivity contribution < 1.29 is 14.3 Å². The van der Waals surface area contributed by atoms with Gasteiger partial charge in [0.25, 0.3) is 0 Å². The molecule has 1 amide bonds. The average Bonchev–Trinajstić information content (AvgIpc) is 3.14. The van der Waals surface area contributed by atoms with Gasteiger partial charge in [-0.3, -0.25) is 4.79 Å². The summed E-state index contributed by atoms with van der Waals surface area (Å²) in [6.07, 6.45) is 2.52. The van der Waals surface area contributed by atoms with E-state index in [4.69, 9.17) is 9.47 Å². The van der Waals surface area contributed by atoms with E-state index in [1.807, 2.05) is 19.1 Å². The van der Waals surface area contributed by atoms with Crippen molar-refractivity contribution in [3.8, 4) is 11.5 Å². The van der Waals surface area contributed by atoms with E-state index in [0.717, 1.165) is 35.5 Å². The number of nitrogens with one attached hydrogen (secondary N) is 1. The van der Waals surface area contributed by atoms with Crippen molar-refractivity contribution in [3.05, 3.63) is 23.3 Å². The molecule has 0 aliphatic heterocycles. The Labute approximate surface area is 107 Å². The minimum Gasteiger partial charge on any atom is -0.496 e. The second kappa shape index (κ2) is 5.29. The molecular formula is C14H19NO3. The number of ether oxygens (including phenoxy) is 2. The molecule has 1 aliphatic rings. The number of benzene rings is 1. The van der Waals surface area contributed by atoms with Crippen molar-refractivity contribution in [2.45, 2.75) is 32.2 Å². The van der Waals surface area contributed by atoms with Crippen LogP contribution >= 0.6 is 0 Å². The molecule has 1 aromatic rings. The van der Waals surface area contributed by atoms with Crippen molar-refractivity contribution in [2.24, 2.45) is 0 Å². The maximum absolute atomic E-state index is 11.8. The van der Waals surface area contributed by atoms with Gasteiger partial charge in [-0.2, -0.15) is 0 Å². The largest absolute Gasteiger partial charge is 0.496 e. The first-order chi connectivity index (χ1) is 8.63. The molecule has 0 bridgehead atoms. The monoisotopic (exact) mass is 249 g/mol. The zero-order valence-electron chi connectivity index (χ0n) is 11.1. The zero-order chi connectivity index (χ0) is 13.1. The number of hydrogen-bond donors (Lipinski definition) is 1. The van der Waals surface area contributed by atoms with Gasteiger partial charge >= 0.3 is 0 Å². The molecule has 98 valence electrons. The molecule has 0 spiro atoms. The SMILES string of the molecule is COc1cc(CC(=O)NC2CC2)c(OC)cc1C. The lowest BCUT2D eigenvalue weighted by Crippen LogP contribution is -2.27. The van der Waals surface area contributed by atoms with Crippen molar-refractivity contribution >= 4 is 5.91 Å². The highest BCUT2D eigenvalue weighted by Crippen LogP contribution is 2.29. The van der Waals surface area contributed by atoms with E-state index in [0.29, 0.717) is 12.5 Å². The quantitative estimate of drug-likeness (QED) is 0.866. The Morgan fingerprint density at radius 2 is 1.94 bits per heavy atom. The smallest absolute Gasteiger partial charge is 0.224 e. The van der Waals surface area contributed by atoms with E-state index in [9.17, 15) is 4.79 Å². The molecule has 0 saturated heterocycles. The highest BCUT2D eigenvalue weighted by molar-refractivity contribution is 5.80. The molecular weight excluding hydrogens is 230 g/mol. The minimum absolute atomic E-state index is 0.0432. The average molecular weight is 249 g/mol. The molecule has 2 rings (SSSR count). The summed E-state index contributed by atoms with van der Waals surface area (Å²) in [6, 6.07) is 4.16. The van der Waals surface area contributed by atoms with E-state index >= 15 is 0 Å². The summed E-state index contributed by atoms with van der Waals surface area (Å²) in [7, 11) is 3.24. The zero-order valence-corrected chi connectivity index (χ0v) is 11.1. The summed E-state index contributed by atoms with van der Waals surface area (Å²) in [4.78, 5) is 11.8. The number of carbonyl (C=O) groups is 1. The Hall–Kier alpha value is -1.71. The van der Waals surface area contributed by atoms with Crippen LogP contribution < -0.4 is 14.8 Å². The van der Waals surface area contributed by atoms with Gasteiger partial charge in [0, 0.05) is 11.6 Å². The van der Waals surface area contributed by atoms with Crippen LogP contribution in [0.5, 0.6) is 11.5 Å². The van der Waals surface area contributed by atoms with Crippen molar-refractivity contribution in [1.29, 1.82) is 0 Å². The Kier molecular flexibility index (Phi) is 3.75. The van der Waals surface area contributed by atoms with Crippen LogP contribution in [0.25, 0.3) is 0 Å². The fourth-order valence-corrected chi connectivity index (χ4v) is 1.93. The Morgan fingerprint density at radius 1 is 1.28 bits per heavy atom. The third-order valence-corrected chi connectivity index (χ3v) is 3.09. The topological polar surface area (TPSA) is 47.6 Å². The van der Waals surface area contributed by atoms with E-state index in [1.54, 1.807) is 14.2 Å². The van der Waals surface area contributed by atoms with Crippen LogP contribution in [-0.4, -0.2) is 26.2 Å². The molecule has 1 saturated carbocycles. The normalized spacial score (nSPS) is 14.2. The molecule has 4 heteroatoms. The van der Waals surface area contributed by atoms with E-state index in [-0.39, 0.29) is 5.91 Å². The first kappa shape index (κ1) is 12.7. The maximum Gasteiger partial charge on any atom is 0.224 e. The molecule has 1 fully saturated rings. The first-order valence-corrected chi connectivity index (χ1v) is 6.15. The molecule has 18 heavy (non-hydrogen) atoms. The molecule has 1 aliphatic carbocycles. The predicted octanol–water partition coefficient (Wildman–Crippen LogP) is 1.83. The van der Waals surface area contributed by atoms with Crippen LogP contribution in [-0.2, 0) is 11.2 Å². The van der Waals surface area contributed by atoms with Crippen LogP contribution in [0.15, 0.2) is 12.1 Å². The highest BCUT2D eigenvalue weighted by atomic mass is 16.5. The lowest BCUT2D eigenvalue weighted by Gasteiger charge is -2.13. The van der Waals surface area contributed by atoms with Crippen molar-refractivity contribution in [3.63, 3.8) is 0 Å². The van der Waals surface area contributed by atoms with Gasteiger partial charge in [0.1, 0.15) is 11.5 Å². The summed E-state index contributed by atoms with van der Waals surface area (Å²) < 4.78 is 10.6. The molecule has 0 aromatic heterocycles. The third kappa shape index (κ3) is 2.94. The van der Waals surface area contributed by atoms with E-state index in [1.165, 1.54) is 0 Å². The van der Waals surface area contributed by atoms with Gasteiger partial charge in [-0.25, -0.2) is 0 Å². The summed E-state index contributed by atoms with van der Waals surface area (Å²) in [5.74, 6) is 1.56. The summed E-state index contributed by atoms with van der Waals surface area (Å²) in [6.45, 7) is 1.95. The van der Waals surface area contributed by atoms with Gasteiger partial charge in [-0.15, -0.1) is 0 Å². The Morgan fingerprint density at radius 3 is 2.50 bits per heavy atom. The van der Waals surface area contributed by atoms with Crippen LogP contribution in [0.2, 0.25) is 0 Å². The van der Waals surface area contributed by atoms with Gasteiger partial charge in [0.15, 0.2) is 0 Å². The molecule has 0 heterocycles. The highest BCUT2D eigenvalue weighted by Gasteiger charge is 2.23. The molecule has 0 unspecified atom stereocenters. The number of rotatable bonds is 5. The standard InChI is InChI=1S/C14H19NO3/c1-9-6-13(18-3)10(7-12(9)17-2)8-14(16)15-11-4-5-11/h6-7,11H,4-5,8H2,1-3H3,(H,15,16). The van der Waals surface area contributed by atoms with Gasteiger partial charge in [0.2, 0.25) is 5.91 Å². The number of methoxy groups -OCH3 is 2. The molecule has 0 radical (unpaired) electrons.